The normalized spacial score (nSPS) is 16.3. The molecule has 1 aliphatic carbocycles. The van der Waals surface area contributed by atoms with E-state index >= 15 is 0 Å². The lowest BCUT2D eigenvalue weighted by Crippen LogP contribution is -2.35. The molecule has 2 N–H and O–H groups in total. The van der Waals surface area contributed by atoms with Gasteiger partial charge in [0.25, 0.3) is 5.56 Å². The number of rotatable bonds is 5. The van der Waals surface area contributed by atoms with Crippen molar-refractivity contribution >= 4 is 16.8 Å². The number of aryl methyl sites for hydroxylation is 1. The summed E-state index contributed by atoms with van der Waals surface area (Å²) < 4.78 is 1.41. The van der Waals surface area contributed by atoms with E-state index in [1.54, 1.807) is 12.1 Å². The molecular weight excluding hydrogens is 352 g/mol. The van der Waals surface area contributed by atoms with Crippen LogP contribution in [0.1, 0.15) is 35.8 Å². The van der Waals surface area contributed by atoms with Crippen molar-refractivity contribution in [1.82, 2.24) is 14.5 Å². The SMILES string of the molecule is CN(Cc1nc2ccccc2c(=O)n1CC(N)=O)C1CCCc2ccccc21. The number of nitrogens with zero attached hydrogens (tertiary/aromatic N) is 3. The average Bonchev–Trinajstić information content (AvgIpc) is 2.70. The molecule has 0 saturated carbocycles. The Labute approximate surface area is 163 Å². The molecular formula is C22H24N4O2. The largest absolute Gasteiger partial charge is 0.368 e. The molecule has 0 saturated heterocycles. The number of fused-ring (bicyclic) bond motifs is 2. The number of carbonyl (C=O) groups excluding carboxylic acids is 1. The van der Waals surface area contributed by atoms with Crippen molar-refractivity contribution in [3.8, 4) is 0 Å². The molecule has 1 aromatic heterocycles. The Kier molecular flexibility index (Phi) is 4.96. The summed E-state index contributed by atoms with van der Waals surface area (Å²) in [6.07, 6.45) is 3.29. The predicted octanol–water partition coefficient (Wildman–Crippen LogP) is 2.39. The second-order valence-corrected chi connectivity index (χ2v) is 7.42. The quantitative estimate of drug-likeness (QED) is 0.741. The maximum Gasteiger partial charge on any atom is 0.261 e. The molecule has 1 aliphatic rings. The molecule has 0 spiro atoms. The molecule has 4 rings (SSSR count). The molecule has 1 heterocycles. The fourth-order valence-corrected chi connectivity index (χ4v) is 4.17. The number of hydrogen-bond acceptors (Lipinski definition) is 4. The van der Waals surface area contributed by atoms with Crippen molar-refractivity contribution in [2.45, 2.75) is 38.4 Å². The molecule has 0 aliphatic heterocycles. The lowest BCUT2D eigenvalue weighted by molar-refractivity contribution is -0.118. The Morgan fingerprint density at radius 3 is 2.79 bits per heavy atom. The van der Waals surface area contributed by atoms with Gasteiger partial charge in [-0.25, -0.2) is 4.98 Å². The Hall–Kier alpha value is -2.99. The van der Waals surface area contributed by atoms with Gasteiger partial charge in [-0.3, -0.25) is 19.1 Å². The summed E-state index contributed by atoms with van der Waals surface area (Å²) in [5.74, 6) is 0.0131. The summed E-state index contributed by atoms with van der Waals surface area (Å²) in [7, 11) is 2.04. The molecule has 0 fully saturated rings. The van der Waals surface area contributed by atoms with Crippen LogP contribution in [0.5, 0.6) is 0 Å². The van der Waals surface area contributed by atoms with E-state index in [1.807, 2.05) is 19.2 Å². The van der Waals surface area contributed by atoms with Crippen molar-refractivity contribution in [3.63, 3.8) is 0 Å². The minimum absolute atomic E-state index is 0.166. The topological polar surface area (TPSA) is 81.2 Å². The molecule has 144 valence electrons. The van der Waals surface area contributed by atoms with Gasteiger partial charge in [0.2, 0.25) is 5.91 Å². The number of para-hydroxylation sites is 1. The van der Waals surface area contributed by atoms with E-state index in [1.165, 1.54) is 15.7 Å². The highest BCUT2D eigenvalue weighted by molar-refractivity contribution is 5.78. The van der Waals surface area contributed by atoms with E-state index in [4.69, 9.17) is 10.7 Å². The third-order valence-electron chi connectivity index (χ3n) is 5.52. The van der Waals surface area contributed by atoms with Crippen LogP contribution in [0.2, 0.25) is 0 Å². The molecule has 1 unspecified atom stereocenters. The summed E-state index contributed by atoms with van der Waals surface area (Å²) in [6, 6.07) is 16.0. The number of carbonyl (C=O) groups is 1. The highest BCUT2D eigenvalue weighted by atomic mass is 16.2. The van der Waals surface area contributed by atoms with Crippen molar-refractivity contribution < 1.29 is 4.79 Å². The first-order chi connectivity index (χ1) is 13.5. The smallest absolute Gasteiger partial charge is 0.261 e. The van der Waals surface area contributed by atoms with Crippen molar-refractivity contribution in [2.75, 3.05) is 7.05 Å². The zero-order valence-corrected chi connectivity index (χ0v) is 16.0. The van der Waals surface area contributed by atoms with E-state index in [2.05, 4.69) is 29.2 Å². The van der Waals surface area contributed by atoms with Crippen LogP contribution >= 0.6 is 0 Å². The van der Waals surface area contributed by atoms with Crippen LogP contribution in [-0.4, -0.2) is 27.4 Å². The Morgan fingerprint density at radius 2 is 1.96 bits per heavy atom. The van der Waals surface area contributed by atoms with Crippen molar-refractivity contribution in [1.29, 1.82) is 0 Å². The summed E-state index contributed by atoms with van der Waals surface area (Å²) in [5.41, 5.74) is 8.53. The molecule has 6 nitrogen and oxygen atoms in total. The second-order valence-electron chi connectivity index (χ2n) is 7.42. The number of benzene rings is 2. The second kappa shape index (κ2) is 7.56. The molecule has 3 aromatic rings. The van der Waals surface area contributed by atoms with Crippen molar-refractivity contribution in [2.24, 2.45) is 5.73 Å². The zero-order chi connectivity index (χ0) is 19.7. The third kappa shape index (κ3) is 3.43. The van der Waals surface area contributed by atoms with E-state index in [0.29, 0.717) is 23.3 Å². The number of hydrogen-bond donors (Lipinski definition) is 1. The standard InChI is InChI=1S/C22H24N4O2/c1-25(19-12-6-8-15-7-2-3-9-16(15)19)14-21-24-18-11-5-4-10-17(18)22(28)26(21)13-20(23)27/h2-5,7,9-11,19H,6,8,12-14H2,1H3,(H2,23,27). The summed E-state index contributed by atoms with van der Waals surface area (Å²) in [6.45, 7) is 0.299. The number of nitrogens with two attached hydrogens (primary N) is 1. The lowest BCUT2D eigenvalue weighted by atomic mass is 9.87. The highest BCUT2D eigenvalue weighted by Crippen LogP contribution is 2.34. The van der Waals surface area contributed by atoms with Gasteiger partial charge >= 0.3 is 0 Å². The average molecular weight is 376 g/mol. The van der Waals surface area contributed by atoms with Gasteiger partial charge < -0.3 is 5.73 Å². The molecule has 1 amide bonds. The zero-order valence-electron chi connectivity index (χ0n) is 16.0. The lowest BCUT2D eigenvalue weighted by Gasteiger charge is -2.33. The first kappa shape index (κ1) is 18.4. The van der Waals surface area contributed by atoms with E-state index < -0.39 is 5.91 Å². The molecule has 28 heavy (non-hydrogen) atoms. The highest BCUT2D eigenvalue weighted by Gasteiger charge is 2.25. The first-order valence-electron chi connectivity index (χ1n) is 9.59. The fraction of sp³-hybridized carbons (Fsp3) is 0.318. The van der Waals surface area contributed by atoms with Crippen LogP contribution in [0.3, 0.4) is 0 Å². The summed E-state index contributed by atoms with van der Waals surface area (Å²) >= 11 is 0. The summed E-state index contributed by atoms with van der Waals surface area (Å²) in [4.78, 5) is 31.4. The van der Waals surface area contributed by atoms with Gasteiger partial charge in [0, 0.05) is 6.04 Å². The van der Waals surface area contributed by atoms with Gasteiger partial charge in [-0.1, -0.05) is 36.4 Å². The van der Waals surface area contributed by atoms with Gasteiger partial charge in [0.15, 0.2) is 0 Å². The van der Waals surface area contributed by atoms with Crippen LogP contribution in [0.4, 0.5) is 0 Å². The molecule has 2 aromatic carbocycles. The number of amides is 1. The summed E-state index contributed by atoms with van der Waals surface area (Å²) in [5, 5.41) is 0.498. The maximum atomic E-state index is 12.9. The molecule has 6 heteroatoms. The van der Waals surface area contributed by atoms with Crippen LogP contribution in [-0.2, 0) is 24.3 Å². The molecule has 1 atom stereocenters. The Morgan fingerprint density at radius 1 is 1.21 bits per heavy atom. The van der Waals surface area contributed by atoms with Crippen LogP contribution in [0, 0.1) is 0 Å². The van der Waals surface area contributed by atoms with Gasteiger partial charge in [0.1, 0.15) is 12.4 Å². The van der Waals surface area contributed by atoms with E-state index in [0.717, 1.165) is 19.3 Å². The fourth-order valence-electron chi connectivity index (χ4n) is 4.17. The molecule has 0 radical (unpaired) electrons. The van der Waals surface area contributed by atoms with E-state index in [-0.39, 0.29) is 18.1 Å². The third-order valence-corrected chi connectivity index (χ3v) is 5.52. The van der Waals surface area contributed by atoms with Crippen LogP contribution in [0.25, 0.3) is 10.9 Å². The minimum Gasteiger partial charge on any atom is -0.368 e. The first-order valence-corrected chi connectivity index (χ1v) is 9.59. The van der Waals surface area contributed by atoms with Crippen LogP contribution in [0.15, 0.2) is 53.3 Å². The van der Waals surface area contributed by atoms with E-state index in [9.17, 15) is 9.59 Å². The Bertz CT molecular complexity index is 1090. The number of aromatic nitrogens is 2. The van der Waals surface area contributed by atoms with Gasteiger partial charge in [-0.2, -0.15) is 0 Å². The van der Waals surface area contributed by atoms with Gasteiger partial charge in [0.05, 0.1) is 17.4 Å². The van der Waals surface area contributed by atoms with Gasteiger partial charge in [-0.05, 0) is 49.6 Å². The molecule has 0 bridgehead atoms. The predicted molar refractivity (Wildman–Crippen MR) is 109 cm³/mol. The Balaban J connectivity index is 1.73. The maximum absolute atomic E-state index is 12.9. The van der Waals surface area contributed by atoms with Gasteiger partial charge in [-0.15, -0.1) is 0 Å². The van der Waals surface area contributed by atoms with Crippen LogP contribution < -0.4 is 11.3 Å². The number of primary amides is 1. The van der Waals surface area contributed by atoms with Crippen molar-refractivity contribution in [3.05, 3.63) is 75.8 Å². The minimum atomic E-state index is -0.550. The monoisotopic (exact) mass is 376 g/mol.